The number of aliphatic hydroxyl groups is 1. The van der Waals surface area contributed by atoms with Gasteiger partial charge in [0.2, 0.25) is 0 Å². The van der Waals surface area contributed by atoms with Gasteiger partial charge in [0.25, 0.3) is 5.91 Å². The molecule has 0 saturated carbocycles. The summed E-state index contributed by atoms with van der Waals surface area (Å²) in [5.41, 5.74) is -1.73. The lowest BCUT2D eigenvalue weighted by Crippen LogP contribution is -2.61. The van der Waals surface area contributed by atoms with Crippen LogP contribution >= 0.6 is 0 Å². The number of benzene rings is 2. The lowest BCUT2D eigenvalue weighted by molar-refractivity contribution is -0.138. The third-order valence-electron chi connectivity index (χ3n) is 4.30. The van der Waals surface area contributed by atoms with Gasteiger partial charge in [-0.15, -0.1) is 0 Å². The van der Waals surface area contributed by atoms with Gasteiger partial charge in [0, 0.05) is 11.3 Å². The molecule has 0 atom stereocenters. The number of carboxylic acid groups (broad SMARTS) is 1. The summed E-state index contributed by atoms with van der Waals surface area (Å²) in [7, 11) is 0. The van der Waals surface area contributed by atoms with Gasteiger partial charge in [0.05, 0.1) is 18.7 Å². The van der Waals surface area contributed by atoms with Crippen LogP contribution in [0.2, 0.25) is 0 Å². The Balaban J connectivity index is 1.69. The average molecular weight is 380 g/mol. The van der Waals surface area contributed by atoms with Gasteiger partial charge in [0.15, 0.2) is 0 Å². The third-order valence-corrected chi connectivity index (χ3v) is 4.30. The smallest absolute Gasteiger partial charge is 0.416 e. The van der Waals surface area contributed by atoms with Gasteiger partial charge in [-0.05, 0) is 42.0 Å². The molecule has 142 valence electrons. The Morgan fingerprint density at radius 2 is 1.70 bits per heavy atom. The van der Waals surface area contributed by atoms with E-state index in [0.29, 0.717) is 5.69 Å². The molecule has 9 heteroatoms. The van der Waals surface area contributed by atoms with Crippen LogP contribution in [-0.2, 0) is 11.8 Å². The Labute approximate surface area is 151 Å². The molecular weight excluding hydrogens is 365 g/mol. The highest BCUT2D eigenvalue weighted by molar-refractivity contribution is 5.95. The molecule has 1 heterocycles. The molecule has 6 nitrogen and oxygen atoms in total. The van der Waals surface area contributed by atoms with Gasteiger partial charge in [-0.3, -0.25) is 10.1 Å². The van der Waals surface area contributed by atoms with Crippen molar-refractivity contribution in [2.24, 2.45) is 0 Å². The summed E-state index contributed by atoms with van der Waals surface area (Å²) < 4.78 is 38.5. The molecule has 1 saturated heterocycles. The van der Waals surface area contributed by atoms with Crippen molar-refractivity contribution in [3.8, 4) is 0 Å². The van der Waals surface area contributed by atoms with E-state index >= 15 is 0 Å². The normalized spacial score (nSPS) is 15.8. The van der Waals surface area contributed by atoms with Crippen LogP contribution in [0.25, 0.3) is 0 Å². The summed E-state index contributed by atoms with van der Waals surface area (Å²) in [6, 6.07) is 10.1. The van der Waals surface area contributed by atoms with E-state index in [1.165, 1.54) is 41.3 Å². The fourth-order valence-electron chi connectivity index (χ4n) is 2.90. The predicted octanol–water partition coefficient (Wildman–Crippen LogP) is 3.14. The summed E-state index contributed by atoms with van der Waals surface area (Å²) in [6.07, 6.45) is -5.75. The monoisotopic (exact) mass is 380 g/mol. The van der Waals surface area contributed by atoms with Crippen LogP contribution < -0.4 is 5.32 Å². The van der Waals surface area contributed by atoms with Crippen molar-refractivity contribution in [3.63, 3.8) is 0 Å². The molecule has 2 aromatic rings. The largest absolute Gasteiger partial charge is 0.465 e. The number of hydrogen-bond acceptors (Lipinski definition) is 3. The number of nitrogens with zero attached hydrogens (tertiary/aromatic N) is 1. The summed E-state index contributed by atoms with van der Waals surface area (Å²) in [6.45, 7) is -0.273. The molecule has 1 aliphatic heterocycles. The van der Waals surface area contributed by atoms with E-state index in [2.05, 4.69) is 5.32 Å². The summed E-state index contributed by atoms with van der Waals surface area (Å²) in [5, 5.41) is 21.3. The zero-order valence-electron chi connectivity index (χ0n) is 13.8. The predicted molar refractivity (Wildman–Crippen MR) is 89.3 cm³/mol. The van der Waals surface area contributed by atoms with Crippen LogP contribution in [0.1, 0.15) is 21.5 Å². The van der Waals surface area contributed by atoms with Gasteiger partial charge in [-0.25, -0.2) is 4.79 Å². The van der Waals surface area contributed by atoms with Crippen molar-refractivity contribution in [2.75, 3.05) is 18.4 Å². The van der Waals surface area contributed by atoms with E-state index in [4.69, 9.17) is 5.11 Å². The molecule has 27 heavy (non-hydrogen) atoms. The molecule has 1 fully saturated rings. The number of likely N-dealkylation sites (tertiary alicyclic amines) is 1. The molecule has 0 radical (unpaired) electrons. The second kappa shape index (κ2) is 6.58. The number of carbonyl (C=O) groups is 2. The highest BCUT2D eigenvalue weighted by Crippen LogP contribution is 2.36. The van der Waals surface area contributed by atoms with Crippen molar-refractivity contribution in [1.29, 1.82) is 0 Å². The number of halogens is 3. The highest BCUT2D eigenvalue weighted by Gasteiger charge is 2.46. The number of carbonyl (C=O) groups excluding carboxylic acids is 1. The first-order valence-corrected chi connectivity index (χ1v) is 7.88. The van der Waals surface area contributed by atoms with Crippen LogP contribution in [0.4, 0.5) is 23.7 Å². The van der Waals surface area contributed by atoms with Crippen LogP contribution in [0.3, 0.4) is 0 Å². The minimum Gasteiger partial charge on any atom is -0.465 e. The van der Waals surface area contributed by atoms with Crippen LogP contribution in [0.15, 0.2) is 48.5 Å². The number of β-amino-alcohol motifs (C(OH)–C–C–N with tert-alkyl or cyclic N) is 1. The molecule has 3 rings (SSSR count). The summed E-state index contributed by atoms with van der Waals surface area (Å²) in [4.78, 5) is 24.3. The average Bonchev–Trinajstić information content (AvgIpc) is 2.58. The molecule has 0 aromatic heterocycles. The van der Waals surface area contributed by atoms with Crippen molar-refractivity contribution >= 4 is 17.7 Å². The Morgan fingerprint density at radius 3 is 2.26 bits per heavy atom. The topological polar surface area (TPSA) is 89.9 Å². The van der Waals surface area contributed by atoms with Gasteiger partial charge in [-0.2, -0.15) is 13.2 Å². The molecule has 0 spiro atoms. The number of alkyl halides is 3. The summed E-state index contributed by atoms with van der Waals surface area (Å²) >= 11 is 0. The molecule has 1 aliphatic rings. The van der Waals surface area contributed by atoms with E-state index in [1.807, 2.05) is 0 Å². The molecule has 0 bridgehead atoms. The van der Waals surface area contributed by atoms with Gasteiger partial charge in [0.1, 0.15) is 5.60 Å². The lowest BCUT2D eigenvalue weighted by atomic mass is 9.85. The van der Waals surface area contributed by atoms with Gasteiger partial charge < -0.3 is 15.1 Å². The Bertz CT molecular complexity index is 875. The lowest BCUT2D eigenvalue weighted by Gasteiger charge is -2.46. The second-order valence-electron chi connectivity index (χ2n) is 6.28. The Hall–Kier alpha value is -3.07. The first-order chi connectivity index (χ1) is 12.6. The maximum absolute atomic E-state index is 12.8. The quantitative estimate of drug-likeness (QED) is 0.763. The zero-order valence-corrected chi connectivity index (χ0v) is 13.8. The number of rotatable bonds is 3. The van der Waals surface area contributed by atoms with Crippen molar-refractivity contribution in [2.45, 2.75) is 11.8 Å². The minimum absolute atomic E-state index is 0.0994. The molecule has 2 amide bonds. The molecule has 0 unspecified atom stereocenters. The molecule has 2 aromatic carbocycles. The number of amides is 2. The van der Waals surface area contributed by atoms with Crippen molar-refractivity contribution in [3.05, 3.63) is 65.2 Å². The molecule has 3 N–H and O–H groups in total. The minimum atomic E-state index is -4.52. The van der Waals surface area contributed by atoms with Crippen molar-refractivity contribution < 1.29 is 33.0 Å². The fraction of sp³-hybridized carbons (Fsp3) is 0.222. The van der Waals surface area contributed by atoms with Gasteiger partial charge in [-0.1, -0.05) is 12.1 Å². The van der Waals surface area contributed by atoms with E-state index in [9.17, 15) is 27.9 Å². The van der Waals surface area contributed by atoms with Crippen LogP contribution in [-0.4, -0.2) is 40.2 Å². The molecular formula is C18H15F3N2O4. The van der Waals surface area contributed by atoms with Crippen molar-refractivity contribution in [1.82, 2.24) is 4.90 Å². The Kier molecular flexibility index (Phi) is 4.56. The highest BCUT2D eigenvalue weighted by atomic mass is 19.4. The Morgan fingerprint density at radius 1 is 1.07 bits per heavy atom. The number of nitrogens with one attached hydrogen (secondary N) is 1. The van der Waals surface area contributed by atoms with E-state index in [1.54, 1.807) is 0 Å². The van der Waals surface area contributed by atoms with E-state index in [-0.39, 0.29) is 24.2 Å². The SMILES string of the molecule is O=C(O)Nc1ccc(C(=O)N2CC(O)(c3cccc(C(F)(F)F)c3)C2)cc1. The standard InChI is InChI=1S/C18H15F3N2O4/c19-18(20,21)13-3-1-2-12(8-13)17(27)9-23(10-17)15(24)11-4-6-14(7-5-11)22-16(25)26/h1-8,22,27H,9-10H2,(H,25,26). The van der Waals surface area contributed by atoms with Crippen LogP contribution in [0.5, 0.6) is 0 Å². The van der Waals surface area contributed by atoms with Crippen LogP contribution in [0, 0.1) is 0 Å². The second-order valence-corrected chi connectivity index (χ2v) is 6.28. The van der Waals surface area contributed by atoms with E-state index in [0.717, 1.165) is 12.1 Å². The molecule has 0 aliphatic carbocycles. The zero-order chi connectivity index (χ0) is 19.8. The maximum Gasteiger partial charge on any atom is 0.416 e. The number of anilines is 1. The van der Waals surface area contributed by atoms with E-state index < -0.39 is 29.3 Å². The third kappa shape index (κ3) is 3.87. The summed E-state index contributed by atoms with van der Waals surface area (Å²) in [5.74, 6) is -0.409. The first-order valence-electron chi connectivity index (χ1n) is 7.88. The first kappa shape index (κ1) is 18.7. The fourth-order valence-corrected chi connectivity index (χ4v) is 2.90. The number of hydrogen-bond donors (Lipinski definition) is 3. The van der Waals surface area contributed by atoms with Gasteiger partial charge >= 0.3 is 12.3 Å². The maximum atomic E-state index is 12.8.